The molecule has 0 aliphatic carbocycles. The van der Waals surface area contributed by atoms with E-state index in [0.29, 0.717) is 50.8 Å². The number of phenols is 1. The molecule has 48 heavy (non-hydrogen) atoms. The van der Waals surface area contributed by atoms with Crippen molar-refractivity contribution in [3.05, 3.63) is 53.6 Å². The Morgan fingerprint density at radius 1 is 0.917 bits per heavy atom. The predicted molar refractivity (Wildman–Crippen MR) is 183 cm³/mol. The topological polar surface area (TPSA) is 261 Å². The number of carbonyl (C=O) groups excluding carboxylic acids is 4. The van der Waals surface area contributed by atoms with Crippen LogP contribution in [-0.4, -0.2) is 90.3 Å². The van der Waals surface area contributed by atoms with Crippen LogP contribution in [0, 0.1) is 0 Å². The number of rotatable bonds is 15. The van der Waals surface area contributed by atoms with Gasteiger partial charge in [0.15, 0.2) is 0 Å². The van der Waals surface area contributed by atoms with Gasteiger partial charge in [0.05, 0.1) is 12.6 Å². The number of hydrogen-bond donors (Lipinski definition) is 10. The first-order valence-electron chi connectivity index (χ1n) is 16.7. The molecule has 2 aromatic rings. The summed E-state index contributed by atoms with van der Waals surface area (Å²) in [6, 6.07) is 8.08. The molecular formula is C34H52N8O6. The van der Waals surface area contributed by atoms with Crippen LogP contribution in [0.2, 0.25) is 0 Å². The third-order valence-corrected chi connectivity index (χ3v) is 8.38. The Morgan fingerprint density at radius 2 is 1.67 bits per heavy atom. The maximum Gasteiger partial charge on any atom is 0.243 e. The molecule has 1 aliphatic heterocycles. The number of nitrogens with one attached hydrogen (secondary N) is 4. The van der Waals surface area contributed by atoms with Crippen LogP contribution in [0.5, 0.6) is 5.75 Å². The summed E-state index contributed by atoms with van der Waals surface area (Å²) in [4.78, 5) is 53.9. The van der Waals surface area contributed by atoms with Crippen molar-refractivity contribution in [2.45, 2.75) is 88.0 Å². The smallest absolute Gasteiger partial charge is 0.243 e. The molecule has 0 saturated carbocycles. The average Bonchev–Trinajstić information content (AvgIpc) is 3.08. The van der Waals surface area contributed by atoms with Crippen molar-refractivity contribution in [1.82, 2.24) is 21.3 Å². The van der Waals surface area contributed by atoms with Gasteiger partial charge in [-0.25, -0.2) is 0 Å². The number of benzene rings is 2. The van der Waals surface area contributed by atoms with Gasteiger partial charge in [-0.2, -0.15) is 0 Å². The fourth-order valence-electron chi connectivity index (χ4n) is 5.54. The van der Waals surface area contributed by atoms with E-state index >= 15 is 0 Å². The lowest BCUT2D eigenvalue weighted by atomic mass is 9.96. The van der Waals surface area contributed by atoms with E-state index in [1.165, 1.54) is 0 Å². The first kappa shape index (κ1) is 38.4. The molecule has 1 unspecified atom stereocenters. The molecular weight excluding hydrogens is 616 g/mol. The van der Waals surface area contributed by atoms with Crippen LogP contribution in [-0.2, 0) is 32.0 Å². The van der Waals surface area contributed by atoms with E-state index in [9.17, 15) is 24.3 Å². The quantitative estimate of drug-likeness (QED) is 0.104. The summed E-state index contributed by atoms with van der Waals surface area (Å²) in [6.07, 6.45) is 3.49. The molecule has 4 bridgehead atoms. The van der Waals surface area contributed by atoms with Crippen molar-refractivity contribution in [1.29, 1.82) is 0 Å². The highest BCUT2D eigenvalue weighted by Gasteiger charge is 2.31. The van der Waals surface area contributed by atoms with Crippen LogP contribution >= 0.6 is 0 Å². The van der Waals surface area contributed by atoms with Gasteiger partial charge in [-0.3, -0.25) is 19.2 Å². The minimum absolute atomic E-state index is 0.00393. The first-order chi connectivity index (χ1) is 23.1. The largest absolute Gasteiger partial charge is 0.508 e. The Morgan fingerprint density at radius 3 is 2.40 bits per heavy atom. The molecule has 264 valence electrons. The zero-order valence-corrected chi connectivity index (χ0v) is 27.5. The van der Waals surface area contributed by atoms with Gasteiger partial charge in [-0.15, -0.1) is 0 Å². The number of aliphatic hydroxyl groups is 1. The Kier molecular flexibility index (Phi) is 15.7. The second-order valence-electron chi connectivity index (χ2n) is 12.3. The van der Waals surface area contributed by atoms with Gasteiger partial charge in [0.2, 0.25) is 23.6 Å². The van der Waals surface area contributed by atoms with E-state index in [2.05, 4.69) is 21.3 Å². The molecule has 1 heterocycles. The molecule has 14 N–H and O–H groups in total. The SMILES string of the molecule is NCCC[C@H](NC(=O)C1Cc2cccc(c2)-c2ccc(O)c(c2)C[C@H](N)C(=O)N[C@@H](CCCN)C(=O)N1)C(=O)NCCCC[C@H](N)CO. The normalized spacial score (nSPS) is 19.6. The molecule has 14 nitrogen and oxygen atoms in total. The highest BCUT2D eigenvalue weighted by atomic mass is 16.3. The zero-order valence-electron chi connectivity index (χ0n) is 27.5. The average molecular weight is 669 g/mol. The summed E-state index contributed by atoms with van der Waals surface area (Å²) in [7, 11) is 0. The fraction of sp³-hybridized carbons (Fsp3) is 0.529. The third kappa shape index (κ3) is 11.9. The molecule has 1 aliphatic rings. The van der Waals surface area contributed by atoms with E-state index in [0.717, 1.165) is 16.7 Å². The van der Waals surface area contributed by atoms with Gasteiger partial charge in [-0.1, -0.05) is 36.8 Å². The zero-order chi connectivity index (χ0) is 35.1. The molecule has 0 radical (unpaired) electrons. The number of amides is 4. The van der Waals surface area contributed by atoms with Crippen LogP contribution < -0.4 is 44.2 Å². The van der Waals surface area contributed by atoms with E-state index in [1.54, 1.807) is 18.2 Å². The van der Waals surface area contributed by atoms with Gasteiger partial charge < -0.3 is 54.4 Å². The van der Waals surface area contributed by atoms with Crippen LogP contribution in [0.15, 0.2) is 42.5 Å². The van der Waals surface area contributed by atoms with Crippen LogP contribution in [0.4, 0.5) is 0 Å². The van der Waals surface area contributed by atoms with E-state index in [4.69, 9.17) is 28.0 Å². The molecule has 0 fully saturated rings. The molecule has 0 aromatic heterocycles. The summed E-state index contributed by atoms with van der Waals surface area (Å²) in [5, 5.41) is 30.8. The van der Waals surface area contributed by atoms with E-state index < -0.39 is 41.9 Å². The first-order valence-corrected chi connectivity index (χ1v) is 16.7. The Labute approximate surface area is 281 Å². The van der Waals surface area contributed by atoms with Crippen molar-refractivity contribution >= 4 is 23.6 Å². The Hall–Kier alpha value is -4.08. The van der Waals surface area contributed by atoms with Crippen molar-refractivity contribution < 1.29 is 29.4 Å². The molecule has 5 atom stereocenters. The molecule has 14 heteroatoms. The third-order valence-electron chi connectivity index (χ3n) is 8.38. The lowest BCUT2D eigenvalue weighted by Crippen LogP contribution is -2.58. The summed E-state index contributed by atoms with van der Waals surface area (Å²) in [5.74, 6) is -2.14. The minimum atomic E-state index is -1.10. The number of nitrogens with two attached hydrogens (primary N) is 4. The lowest BCUT2D eigenvalue weighted by molar-refractivity contribution is -0.134. The van der Waals surface area contributed by atoms with E-state index in [-0.39, 0.29) is 56.5 Å². The van der Waals surface area contributed by atoms with Gasteiger partial charge in [0.1, 0.15) is 23.9 Å². The molecule has 0 saturated heterocycles. The Bertz CT molecular complexity index is 1370. The summed E-state index contributed by atoms with van der Waals surface area (Å²) >= 11 is 0. The Balaban J connectivity index is 1.90. The van der Waals surface area contributed by atoms with Crippen LogP contribution in [0.3, 0.4) is 0 Å². The number of aliphatic hydroxyl groups excluding tert-OH is 1. The van der Waals surface area contributed by atoms with Crippen LogP contribution in [0.1, 0.15) is 56.1 Å². The maximum absolute atomic E-state index is 13.9. The van der Waals surface area contributed by atoms with Crippen LogP contribution in [0.25, 0.3) is 11.1 Å². The van der Waals surface area contributed by atoms with Gasteiger partial charge in [-0.05, 0) is 86.0 Å². The number of phenolic OH excluding ortho intramolecular Hbond substituents is 1. The number of aromatic hydroxyl groups is 1. The van der Waals surface area contributed by atoms with Gasteiger partial charge in [0, 0.05) is 25.4 Å². The minimum Gasteiger partial charge on any atom is -0.508 e. The molecule has 3 rings (SSSR count). The molecule has 0 spiro atoms. The predicted octanol–water partition coefficient (Wildman–Crippen LogP) is -0.977. The summed E-state index contributed by atoms with van der Waals surface area (Å²) < 4.78 is 0. The van der Waals surface area contributed by atoms with Gasteiger partial charge in [0.25, 0.3) is 0 Å². The lowest BCUT2D eigenvalue weighted by Gasteiger charge is -2.26. The summed E-state index contributed by atoms with van der Waals surface area (Å²) in [5.41, 5.74) is 26.2. The molecule has 4 amide bonds. The van der Waals surface area contributed by atoms with Crippen molar-refractivity contribution in [3.8, 4) is 16.9 Å². The second kappa shape index (κ2) is 19.7. The van der Waals surface area contributed by atoms with Crippen molar-refractivity contribution in [2.24, 2.45) is 22.9 Å². The van der Waals surface area contributed by atoms with Crippen molar-refractivity contribution in [2.75, 3.05) is 26.2 Å². The molecule has 2 aromatic carbocycles. The second-order valence-corrected chi connectivity index (χ2v) is 12.3. The number of hydrogen-bond acceptors (Lipinski definition) is 10. The van der Waals surface area contributed by atoms with Crippen molar-refractivity contribution in [3.63, 3.8) is 0 Å². The highest BCUT2D eigenvalue weighted by molar-refractivity contribution is 5.95. The summed E-state index contributed by atoms with van der Waals surface area (Å²) in [6.45, 7) is 0.847. The van der Waals surface area contributed by atoms with Gasteiger partial charge >= 0.3 is 0 Å². The monoisotopic (exact) mass is 668 g/mol. The number of carbonyl (C=O) groups is 4. The fourth-order valence-corrected chi connectivity index (χ4v) is 5.54. The number of unbranched alkanes of at least 4 members (excludes halogenated alkanes) is 1. The number of fused-ring (bicyclic) bond motifs is 5. The standard InChI is InChI=1S/C34H52N8O6/c35-13-4-9-27(32(46)39-15-2-1-8-25(37)20-43)41-34(48)29-17-21-6-3-7-22(16-21)23-11-12-30(44)24(18-23)19-26(38)31(45)40-28(10-5-14-36)33(47)42-29/h3,6-7,11-12,16,18,25-29,43-44H,1-2,4-5,8-10,13-15,17,19-20,35-38H2,(H,39,46)(H,40,45)(H,41,48)(H,42,47)/t25-,26-,27-,28-,29?/m0/s1. The highest BCUT2D eigenvalue weighted by Crippen LogP contribution is 2.28. The maximum atomic E-state index is 13.9. The van der Waals surface area contributed by atoms with E-state index in [1.807, 2.05) is 24.3 Å².